The molecule has 0 saturated carbocycles. The standard InChI is InChI=1S/C18H20N2O6/c1-24-13-9-10-16(25-2)14(12-13)19-18(21)8-5-11-26-17-7-4-3-6-15(17)20(22)23/h3-4,6-7,9-10,12H,5,8,11H2,1-2H3,(H,19,21). The molecule has 1 N–H and O–H groups in total. The van der Waals surface area contributed by atoms with Gasteiger partial charge in [-0.05, 0) is 24.6 Å². The van der Waals surface area contributed by atoms with Crippen molar-refractivity contribution in [2.24, 2.45) is 0 Å². The number of ether oxygens (including phenoxy) is 3. The Labute approximate surface area is 150 Å². The van der Waals surface area contributed by atoms with E-state index in [1.54, 1.807) is 30.3 Å². The zero-order valence-corrected chi connectivity index (χ0v) is 14.6. The van der Waals surface area contributed by atoms with Crippen molar-refractivity contribution < 1.29 is 23.9 Å². The largest absolute Gasteiger partial charge is 0.497 e. The molecular weight excluding hydrogens is 340 g/mol. The summed E-state index contributed by atoms with van der Waals surface area (Å²) in [6, 6.07) is 11.2. The van der Waals surface area contributed by atoms with Gasteiger partial charge in [0.15, 0.2) is 5.75 Å². The molecule has 0 atom stereocenters. The molecule has 0 fully saturated rings. The highest BCUT2D eigenvalue weighted by Gasteiger charge is 2.14. The Bertz CT molecular complexity index is 778. The topological polar surface area (TPSA) is 99.9 Å². The summed E-state index contributed by atoms with van der Waals surface area (Å²) in [6.07, 6.45) is 0.602. The highest BCUT2D eigenvalue weighted by Crippen LogP contribution is 2.29. The van der Waals surface area contributed by atoms with Gasteiger partial charge in [0.2, 0.25) is 5.91 Å². The number of nitrogens with zero attached hydrogens (tertiary/aromatic N) is 1. The van der Waals surface area contributed by atoms with Gasteiger partial charge >= 0.3 is 5.69 Å². The summed E-state index contributed by atoms with van der Waals surface area (Å²) in [5, 5.41) is 13.7. The van der Waals surface area contributed by atoms with Gasteiger partial charge in [0.25, 0.3) is 0 Å². The Kier molecular flexibility index (Phi) is 6.78. The van der Waals surface area contributed by atoms with Gasteiger partial charge in [-0.25, -0.2) is 0 Å². The van der Waals surface area contributed by atoms with E-state index in [1.807, 2.05) is 0 Å². The maximum Gasteiger partial charge on any atom is 0.310 e. The Morgan fingerprint density at radius 1 is 1.12 bits per heavy atom. The Morgan fingerprint density at radius 3 is 2.58 bits per heavy atom. The van der Waals surface area contributed by atoms with Crippen LogP contribution in [-0.4, -0.2) is 31.7 Å². The number of nitrogens with one attached hydrogen (secondary N) is 1. The van der Waals surface area contributed by atoms with Crippen LogP contribution < -0.4 is 19.5 Å². The van der Waals surface area contributed by atoms with Crippen LogP contribution in [0, 0.1) is 10.1 Å². The molecule has 0 heterocycles. The Balaban J connectivity index is 1.86. The number of amides is 1. The molecule has 0 unspecified atom stereocenters. The molecule has 26 heavy (non-hydrogen) atoms. The van der Waals surface area contributed by atoms with Gasteiger partial charge in [0.1, 0.15) is 11.5 Å². The molecular formula is C18H20N2O6. The lowest BCUT2D eigenvalue weighted by molar-refractivity contribution is -0.385. The number of para-hydroxylation sites is 2. The summed E-state index contributed by atoms with van der Waals surface area (Å²) in [5.74, 6) is 1.09. The molecule has 0 aliphatic heterocycles. The van der Waals surface area contributed by atoms with Crippen molar-refractivity contribution in [3.8, 4) is 17.2 Å². The predicted molar refractivity (Wildman–Crippen MR) is 96.0 cm³/mol. The number of rotatable bonds is 9. The highest BCUT2D eigenvalue weighted by molar-refractivity contribution is 5.92. The Hall–Kier alpha value is -3.29. The van der Waals surface area contributed by atoms with E-state index in [2.05, 4.69) is 5.32 Å². The number of hydrogen-bond donors (Lipinski definition) is 1. The van der Waals surface area contributed by atoms with Crippen molar-refractivity contribution in [3.05, 3.63) is 52.6 Å². The van der Waals surface area contributed by atoms with E-state index in [4.69, 9.17) is 14.2 Å². The van der Waals surface area contributed by atoms with Crippen molar-refractivity contribution in [3.63, 3.8) is 0 Å². The van der Waals surface area contributed by atoms with E-state index >= 15 is 0 Å². The second-order valence-electron chi connectivity index (χ2n) is 5.29. The van der Waals surface area contributed by atoms with Crippen LogP contribution in [0.25, 0.3) is 0 Å². The van der Waals surface area contributed by atoms with Gasteiger partial charge in [-0.2, -0.15) is 0 Å². The van der Waals surface area contributed by atoms with Crippen LogP contribution in [0.1, 0.15) is 12.8 Å². The first-order chi connectivity index (χ1) is 12.5. The molecule has 0 bridgehead atoms. The quantitative estimate of drug-likeness (QED) is 0.418. The van der Waals surface area contributed by atoms with Crippen LogP contribution in [0.15, 0.2) is 42.5 Å². The number of benzene rings is 2. The van der Waals surface area contributed by atoms with Gasteiger partial charge in [-0.15, -0.1) is 0 Å². The zero-order chi connectivity index (χ0) is 18.9. The number of nitro benzene ring substituents is 1. The zero-order valence-electron chi connectivity index (χ0n) is 14.6. The molecule has 8 heteroatoms. The molecule has 0 aliphatic carbocycles. The van der Waals surface area contributed by atoms with E-state index in [0.29, 0.717) is 23.6 Å². The third kappa shape index (κ3) is 5.10. The number of carbonyl (C=O) groups is 1. The predicted octanol–water partition coefficient (Wildman–Crippen LogP) is 3.41. The van der Waals surface area contributed by atoms with Crippen LogP contribution >= 0.6 is 0 Å². The average molecular weight is 360 g/mol. The number of methoxy groups -OCH3 is 2. The summed E-state index contributed by atoms with van der Waals surface area (Å²) in [6.45, 7) is 0.188. The van der Waals surface area contributed by atoms with Crippen LogP contribution in [0.4, 0.5) is 11.4 Å². The molecule has 0 radical (unpaired) electrons. The van der Waals surface area contributed by atoms with E-state index in [0.717, 1.165) is 0 Å². The smallest absolute Gasteiger partial charge is 0.310 e. The van der Waals surface area contributed by atoms with Gasteiger partial charge in [0, 0.05) is 18.6 Å². The minimum atomic E-state index is -0.503. The fourth-order valence-corrected chi connectivity index (χ4v) is 2.27. The summed E-state index contributed by atoms with van der Waals surface area (Å²) >= 11 is 0. The summed E-state index contributed by atoms with van der Waals surface area (Å²) in [7, 11) is 3.05. The lowest BCUT2D eigenvalue weighted by Gasteiger charge is -2.12. The summed E-state index contributed by atoms with van der Waals surface area (Å²) < 4.78 is 15.8. The first kappa shape index (κ1) is 19.0. The minimum absolute atomic E-state index is 0.0990. The molecule has 0 spiro atoms. The number of nitro groups is 1. The first-order valence-electron chi connectivity index (χ1n) is 7.93. The van der Waals surface area contributed by atoms with Crippen molar-refractivity contribution in [1.29, 1.82) is 0 Å². The lowest BCUT2D eigenvalue weighted by Crippen LogP contribution is -2.13. The molecule has 138 valence electrons. The molecule has 2 aromatic carbocycles. The lowest BCUT2D eigenvalue weighted by atomic mass is 10.2. The van der Waals surface area contributed by atoms with Gasteiger partial charge < -0.3 is 19.5 Å². The minimum Gasteiger partial charge on any atom is -0.497 e. The van der Waals surface area contributed by atoms with Crippen LogP contribution in [0.2, 0.25) is 0 Å². The maximum absolute atomic E-state index is 12.1. The van der Waals surface area contributed by atoms with Crippen molar-refractivity contribution in [2.75, 3.05) is 26.1 Å². The highest BCUT2D eigenvalue weighted by atomic mass is 16.6. The average Bonchev–Trinajstić information content (AvgIpc) is 2.65. The maximum atomic E-state index is 12.1. The second kappa shape index (κ2) is 9.26. The van der Waals surface area contributed by atoms with Gasteiger partial charge in [-0.1, -0.05) is 12.1 Å². The SMILES string of the molecule is COc1ccc(OC)c(NC(=O)CCCOc2ccccc2[N+](=O)[O-])c1. The first-order valence-corrected chi connectivity index (χ1v) is 7.93. The van der Waals surface area contributed by atoms with E-state index < -0.39 is 4.92 Å². The monoisotopic (exact) mass is 360 g/mol. The second-order valence-corrected chi connectivity index (χ2v) is 5.29. The third-order valence-corrected chi connectivity index (χ3v) is 3.55. The van der Waals surface area contributed by atoms with E-state index in [-0.39, 0.29) is 30.4 Å². The normalized spacial score (nSPS) is 10.1. The summed E-state index contributed by atoms with van der Waals surface area (Å²) in [5.41, 5.74) is 0.412. The Morgan fingerprint density at radius 2 is 1.88 bits per heavy atom. The van der Waals surface area contributed by atoms with E-state index in [9.17, 15) is 14.9 Å². The van der Waals surface area contributed by atoms with Crippen LogP contribution in [-0.2, 0) is 4.79 Å². The van der Waals surface area contributed by atoms with E-state index in [1.165, 1.54) is 26.4 Å². The third-order valence-electron chi connectivity index (χ3n) is 3.55. The van der Waals surface area contributed by atoms with Crippen molar-refractivity contribution in [2.45, 2.75) is 12.8 Å². The number of anilines is 1. The molecule has 8 nitrogen and oxygen atoms in total. The molecule has 1 amide bonds. The molecule has 2 rings (SSSR count). The van der Waals surface area contributed by atoms with Crippen LogP contribution in [0.3, 0.4) is 0 Å². The molecule has 0 saturated heterocycles. The summed E-state index contributed by atoms with van der Waals surface area (Å²) in [4.78, 5) is 22.5. The fraction of sp³-hybridized carbons (Fsp3) is 0.278. The molecule has 0 aromatic heterocycles. The molecule has 2 aromatic rings. The van der Waals surface area contributed by atoms with Gasteiger partial charge in [0.05, 0.1) is 31.4 Å². The fourth-order valence-electron chi connectivity index (χ4n) is 2.27. The molecule has 0 aliphatic rings. The van der Waals surface area contributed by atoms with Crippen LogP contribution in [0.5, 0.6) is 17.2 Å². The number of hydrogen-bond acceptors (Lipinski definition) is 6. The van der Waals surface area contributed by atoms with Gasteiger partial charge in [-0.3, -0.25) is 14.9 Å². The van der Waals surface area contributed by atoms with Crippen molar-refractivity contribution >= 4 is 17.3 Å². The number of carbonyl (C=O) groups excluding carboxylic acids is 1. The van der Waals surface area contributed by atoms with Crippen molar-refractivity contribution in [1.82, 2.24) is 0 Å².